The molecular weight excluding hydrogens is 242 g/mol. The average Bonchev–Trinajstić information content (AvgIpc) is 3.06. The standard InChI is InChI=1S/C15H13NO3/c1-18-15(17)14-7-6-12(19-14)10-16-9-8-11-4-2-3-5-13(11)16/h2-9H,10H2,1H3. The Hall–Kier alpha value is -2.49. The summed E-state index contributed by atoms with van der Waals surface area (Å²) in [6.07, 6.45) is 2.00. The van der Waals surface area contributed by atoms with Crippen molar-refractivity contribution < 1.29 is 13.9 Å². The van der Waals surface area contributed by atoms with E-state index in [0.29, 0.717) is 6.54 Å². The predicted octanol–water partition coefficient (Wildman–Crippen LogP) is 3.07. The summed E-state index contributed by atoms with van der Waals surface area (Å²) >= 11 is 0. The highest BCUT2D eigenvalue weighted by Gasteiger charge is 2.11. The second kappa shape index (κ2) is 4.65. The number of carbonyl (C=O) groups excluding carboxylic acids is 1. The average molecular weight is 255 g/mol. The van der Waals surface area contributed by atoms with Gasteiger partial charge in [0.25, 0.3) is 0 Å². The summed E-state index contributed by atoms with van der Waals surface area (Å²) < 4.78 is 12.2. The third kappa shape index (κ3) is 2.12. The summed E-state index contributed by atoms with van der Waals surface area (Å²) in [5.41, 5.74) is 1.14. The number of carbonyl (C=O) groups is 1. The van der Waals surface area contributed by atoms with Gasteiger partial charge >= 0.3 is 5.97 Å². The minimum absolute atomic E-state index is 0.231. The molecule has 0 aliphatic carbocycles. The molecule has 0 saturated carbocycles. The van der Waals surface area contributed by atoms with Crippen LogP contribution in [-0.2, 0) is 11.3 Å². The van der Waals surface area contributed by atoms with E-state index in [0.717, 1.165) is 11.3 Å². The van der Waals surface area contributed by atoms with Crippen molar-refractivity contribution in [3.05, 3.63) is 60.2 Å². The Labute approximate surface area is 110 Å². The van der Waals surface area contributed by atoms with Crippen molar-refractivity contribution in [3.63, 3.8) is 0 Å². The number of hydrogen-bond donors (Lipinski definition) is 0. The highest BCUT2D eigenvalue weighted by molar-refractivity contribution is 5.86. The van der Waals surface area contributed by atoms with Crippen molar-refractivity contribution in [1.82, 2.24) is 4.57 Å². The number of esters is 1. The number of benzene rings is 1. The van der Waals surface area contributed by atoms with Gasteiger partial charge in [-0.05, 0) is 29.7 Å². The van der Waals surface area contributed by atoms with Crippen LogP contribution in [0.1, 0.15) is 16.3 Å². The van der Waals surface area contributed by atoms with Crippen LogP contribution in [0.2, 0.25) is 0 Å². The summed E-state index contributed by atoms with van der Waals surface area (Å²) in [4.78, 5) is 11.3. The summed E-state index contributed by atoms with van der Waals surface area (Å²) in [6, 6.07) is 13.6. The highest BCUT2D eigenvalue weighted by Crippen LogP contribution is 2.18. The van der Waals surface area contributed by atoms with E-state index in [9.17, 15) is 4.79 Å². The first-order valence-corrected chi connectivity index (χ1v) is 5.99. The maximum atomic E-state index is 11.3. The second-order valence-electron chi connectivity index (χ2n) is 4.26. The van der Waals surface area contributed by atoms with E-state index >= 15 is 0 Å². The van der Waals surface area contributed by atoms with Gasteiger partial charge in [0.05, 0.1) is 13.7 Å². The quantitative estimate of drug-likeness (QED) is 0.675. The van der Waals surface area contributed by atoms with Crippen molar-refractivity contribution in [2.24, 2.45) is 0 Å². The smallest absolute Gasteiger partial charge is 0.373 e. The minimum Gasteiger partial charge on any atom is -0.463 e. The summed E-state index contributed by atoms with van der Waals surface area (Å²) in [6.45, 7) is 0.588. The number of ether oxygens (including phenoxy) is 1. The minimum atomic E-state index is -0.455. The van der Waals surface area contributed by atoms with E-state index < -0.39 is 5.97 Å². The van der Waals surface area contributed by atoms with Gasteiger partial charge < -0.3 is 13.7 Å². The molecule has 4 heteroatoms. The van der Waals surface area contributed by atoms with Crippen LogP contribution in [0.5, 0.6) is 0 Å². The van der Waals surface area contributed by atoms with Gasteiger partial charge in [-0.1, -0.05) is 18.2 Å². The zero-order valence-electron chi connectivity index (χ0n) is 10.5. The Bertz CT molecular complexity index is 724. The van der Waals surface area contributed by atoms with Gasteiger partial charge in [-0.25, -0.2) is 4.79 Å². The molecule has 1 aromatic carbocycles. The first-order valence-electron chi connectivity index (χ1n) is 5.99. The Morgan fingerprint density at radius 1 is 1.21 bits per heavy atom. The van der Waals surface area contributed by atoms with Crippen molar-refractivity contribution in [2.45, 2.75) is 6.54 Å². The predicted molar refractivity (Wildman–Crippen MR) is 71.1 cm³/mol. The number of methoxy groups -OCH3 is 1. The normalized spacial score (nSPS) is 10.8. The fraction of sp³-hybridized carbons (Fsp3) is 0.133. The van der Waals surface area contributed by atoms with E-state index in [1.807, 2.05) is 18.3 Å². The summed E-state index contributed by atoms with van der Waals surface area (Å²) in [7, 11) is 1.34. The van der Waals surface area contributed by atoms with Crippen molar-refractivity contribution >= 4 is 16.9 Å². The lowest BCUT2D eigenvalue weighted by molar-refractivity contribution is 0.0563. The molecule has 2 heterocycles. The number of hydrogen-bond acceptors (Lipinski definition) is 3. The molecule has 0 amide bonds. The van der Waals surface area contributed by atoms with Gasteiger partial charge in [0.2, 0.25) is 5.76 Å². The SMILES string of the molecule is COC(=O)c1ccc(Cn2ccc3ccccc32)o1. The number of aromatic nitrogens is 1. The fourth-order valence-electron chi connectivity index (χ4n) is 2.12. The van der Waals surface area contributed by atoms with E-state index in [1.165, 1.54) is 12.5 Å². The second-order valence-corrected chi connectivity index (χ2v) is 4.26. The van der Waals surface area contributed by atoms with Crippen LogP contribution >= 0.6 is 0 Å². The molecule has 0 aliphatic rings. The molecule has 0 atom stereocenters. The molecule has 0 unspecified atom stereocenters. The molecule has 0 spiro atoms. The zero-order chi connectivity index (χ0) is 13.2. The molecule has 0 radical (unpaired) electrons. The van der Waals surface area contributed by atoms with Crippen LogP contribution in [0, 0.1) is 0 Å². The lowest BCUT2D eigenvalue weighted by Gasteiger charge is -2.02. The van der Waals surface area contributed by atoms with Crippen LogP contribution in [0.4, 0.5) is 0 Å². The first-order chi connectivity index (χ1) is 9.28. The largest absolute Gasteiger partial charge is 0.463 e. The molecule has 3 rings (SSSR count). The van der Waals surface area contributed by atoms with Crippen molar-refractivity contribution in [2.75, 3.05) is 7.11 Å². The fourth-order valence-corrected chi connectivity index (χ4v) is 2.12. The van der Waals surface area contributed by atoms with Crippen LogP contribution in [0.25, 0.3) is 10.9 Å². The first kappa shape index (κ1) is 11.6. The Morgan fingerprint density at radius 2 is 2.05 bits per heavy atom. The molecule has 0 fully saturated rings. The molecule has 2 aromatic heterocycles. The van der Waals surface area contributed by atoms with Gasteiger partial charge in [0, 0.05) is 11.7 Å². The monoisotopic (exact) mass is 255 g/mol. The van der Waals surface area contributed by atoms with Gasteiger partial charge in [-0.3, -0.25) is 0 Å². The lowest BCUT2D eigenvalue weighted by atomic mass is 10.2. The van der Waals surface area contributed by atoms with Crippen LogP contribution in [-0.4, -0.2) is 17.6 Å². The molecular formula is C15H13NO3. The number of furan rings is 1. The number of fused-ring (bicyclic) bond motifs is 1. The molecule has 0 aliphatic heterocycles. The molecule has 4 nitrogen and oxygen atoms in total. The Kier molecular flexibility index (Phi) is 2.83. The van der Waals surface area contributed by atoms with Gasteiger partial charge in [0.15, 0.2) is 0 Å². The third-order valence-electron chi connectivity index (χ3n) is 3.05. The number of nitrogens with zero attached hydrogens (tertiary/aromatic N) is 1. The van der Waals surface area contributed by atoms with Crippen LogP contribution in [0.15, 0.2) is 53.1 Å². The number of para-hydroxylation sites is 1. The molecule has 0 bridgehead atoms. The Balaban J connectivity index is 1.89. The molecule has 96 valence electrons. The van der Waals surface area contributed by atoms with Gasteiger partial charge in [0.1, 0.15) is 5.76 Å². The summed E-state index contributed by atoms with van der Waals surface area (Å²) in [5.74, 6) is 0.499. The van der Waals surface area contributed by atoms with Gasteiger partial charge in [-0.15, -0.1) is 0 Å². The third-order valence-corrected chi connectivity index (χ3v) is 3.05. The summed E-state index contributed by atoms with van der Waals surface area (Å²) in [5, 5.41) is 1.18. The maximum Gasteiger partial charge on any atom is 0.373 e. The number of rotatable bonds is 3. The zero-order valence-corrected chi connectivity index (χ0v) is 10.5. The van der Waals surface area contributed by atoms with Crippen molar-refractivity contribution in [1.29, 1.82) is 0 Å². The van der Waals surface area contributed by atoms with Crippen LogP contribution in [0.3, 0.4) is 0 Å². The highest BCUT2D eigenvalue weighted by atomic mass is 16.5. The molecule has 19 heavy (non-hydrogen) atoms. The van der Waals surface area contributed by atoms with Gasteiger partial charge in [-0.2, -0.15) is 0 Å². The van der Waals surface area contributed by atoms with Crippen LogP contribution < -0.4 is 0 Å². The molecule has 0 N–H and O–H groups in total. The van der Waals surface area contributed by atoms with E-state index in [2.05, 4.69) is 27.5 Å². The maximum absolute atomic E-state index is 11.3. The lowest BCUT2D eigenvalue weighted by Crippen LogP contribution is -1.99. The topological polar surface area (TPSA) is 44.4 Å². The van der Waals surface area contributed by atoms with Crippen molar-refractivity contribution in [3.8, 4) is 0 Å². The van der Waals surface area contributed by atoms with E-state index in [4.69, 9.17) is 4.42 Å². The molecule has 3 aromatic rings. The van der Waals surface area contributed by atoms with E-state index in [1.54, 1.807) is 12.1 Å². The Morgan fingerprint density at radius 3 is 2.89 bits per heavy atom. The molecule has 0 saturated heterocycles. The van der Waals surface area contributed by atoms with E-state index in [-0.39, 0.29) is 5.76 Å².